The highest BCUT2D eigenvalue weighted by Crippen LogP contribution is 2.46. The van der Waals surface area contributed by atoms with E-state index < -0.39 is 0 Å². The number of ether oxygens (including phenoxy) is 1. The molecule has 150 valence electrons. The lowest BCUT2D eigenvalue weighted by atomic mass is 10.1. The quantitative estimate of drug-likeness (QED) is 0.587. The minimum atomic E-state index is -0.322. The second kappa shape index (κ2) is 6.95. The third-order valence-corrected chi connectivity index (χ3v) is 6.40. The molecule has 2 aliphatic rings. The number of aromatic nitrogens is 2. The van der Waals surface area contributed by atoms with Gasteiger partial charge in [0.1, 0.15) is 4.88 Å². The zero-order valence-electron chi connectivity index (χ0n) is 16.3. The van der Waals surface area contributed by atoms with Crippen molar-refractivity contribution in [1.29, 1.82) is 0 Å². The lowest BCUT2D eigenvalue weighted by Crippen LogP contribution is -2.12. The summed E-state index contributed by atoms with van der Waals surface area (Å²) in [5, 5.41) is 8.23. The molecule has 0 atom stereocenters. The van der Waals surface area contributed by atoms with Crippen LogP contribution in [0, 0.1) is 6.92 Å². The highest BCUT2D eigenvalue weighted by Gasteiger charge is 2.32. The molecule has 0 spiro atoms. The summed E-state index contributed by atoms with van der Waals surface area (Å²) in [5.74, 6) is 0.197. The number of carbonyl (C=O) groups is 2. The number of pyridine rings is 1. The number of esters is 1. The fraction of sp³-hybridized carbons (Fsp3) is 0.429. The van der Waals surface area contributed by atoms with Crippen molar-refractivity contribution in [3.05, 3.63) is 39.5 Å². The summed E-state index contributed by atoms with van der Waals surface area (Å²) >= 11 is 1.27. The Morgan fingerprint density at radius 1 is 1.24 bits per heavy atom. The van der Waals surface area contributed by atoms with Gasteiger partial charge in [-0.3, -0.25) is 4.79 Å². The van der Waals surface area contributed by atoms with Gasteiger partial charge < -0.3 is 14.6 Å². The molecule has 0 unspecified atom stereocenters. The van der Waals surface area contributed by atoms with E-state index in [0.29, 0.717) is 50.7 Å². The van der Waals surface area contributed by atoms with Crippen LogP contribution in [0.1, 0.15) is 81.4 Å². The molecule has 0 aromatic carbocycles. The normalized spacial score (nSPS) is 16.2. The predicted octanol–water partition coefficient (Wildman–Crippen LogP) is 4.78. The minimum absolute atomic E-state index is 0.246. The molecule has 2 fully saturated rings. The van der Waals surface area contributed by atoms with Gasteiger partial charge in [-0.15, -0.1) is 11.3 Å². The molecule has 0 saturated heterocycles. The maximum atomic E-state index is 13.2. The fourth-order valence-electron chi connectivity index (χ4n) is 3.58. The van der Waals surface area contributed by atoms with Crippen LogP contribution in [-0.4, -0.2) is 28.6 Å². The highest BCUT2D eigenvalue weighted by atomic mass is 32.1. The van der Waals surface area contributed by atoms with Crippen molar-refractivity contribution in [1.82, 2.24) is 10.1 Å². The molecule has 0 aliphatic heterocycles. The van der Waals surface area contributed by atoms with Crippen LogP contribution in [0.25, 0.3) is 11.1 Å². The minimum Gasteiger partial charge on any atom is -0.462 e. The smallest absolute Gasteiger partial charge is 0.348 e. The van der Waals surface area contributed by atoms with Crippen LogP contribution in [-0.2, 0) is 4.74 Å². The van der Waals surface area contributed by atoms with Crippen LogP contribution in [0.5, 0.6) is 0 Å². The van der Waals surface area contributed by atoms with Gasteiger partial charge in [0.25, 0.3) is 11.6 Å². The number of aryl methyl sites for hydroxylation is 1. The maximum absolute atomic E-state index is 13.2. The van der Waals surface area contributed by atoms with Crippen LogP contribution in [0.4, 0.5) is 5.00 Å². The Hall–Kier alpha value is -2.74. The molecule has 1 amide bonds. The van der Waals surface area contributed by atoms with Gasteiger partial charge in [-0.1, -0.05) is 5.16 Å². The van der Waals surface area contributed by atoms with Crippen LogP contribution >= 0.6 is 11.3 Å². The van der Waals surface area contributed by atoms with E-state index in [1.165, 1.54) is 11.3 Å². The SMILES string of the molecule is CCOC(=O)c1sc(NC(=O)c2cc(C3CC3)nc3onc(C)c23)cc1C1CC1. The van der Waals surface area contributed by atoms with Crippen LogP contribution in [0.3, 0.4) is 0 Å². The number of hydrogen-bond acceptors (Lipinski definition) is 7. The second-order valence-electron chi connectivity index (χ2n) is 7.66. The summed E-state index contributed by atoms with van der Waals surface area (Å²) in [7, 11) is 0. The van der Waals surface area contributed by atoms with Gasteiger partial charge in [0.05, 0.1) is 28.3 Å². The van der Waals surface area contributed by atoms with Crippen molar-refractivity contribution >= 4 is 39.3 Å². The van der Waals surface area contributed by atoms with Gasteiger partial charge in [-0.2, -0.15) is 0 Å². The van der Waals surface area contributed by atoms with E-state index in [4.69, 9.17) is 9.26 Å². The molecule has 29 heavy (non-hydrogen) atoms. The lowest BCUT2D eigenvalue weighted by molar-refractivity contribution is 0.0530. The average Bonchev–Trinajstić information content (AvgIpc) is 3.63. The number of thiophene rings is 1. The number of rotatable bonds is 6. The monoisotopic (exact) mass is 411 g/mol. The van der Waals surface area contributed by atoms with Crippen molar-refractivity contribution in [2.45, 2.75) is 51.4 Å². The number of fused-ring (bicyclic) bond motifs is 1. The van der Waals surface area contributed by atoms with E-state index in [1.807, 2.05) is 12.1 Å². The molecule has 7 nitrogen and oxygen atoms in total. The topological polar surface area (TPSA) is 94.3 Å². The summed E-state index contributed by atoms with van der Waals surface area (Å²) < 4.78 is 10.5. The Bertz CT molecular complexity index is 1120. The molecule has 3 aromatic rings. The Morgan fingerprint density at radius 2 is 2.00 bits per heavy atom. The maximum Gasteiger partial charge on any atom is 0.348 e. The Balaban J connectivity index is 1.48. The molecular weight excluding hydrogens is 390 g/mol. The first-order valence-electron chi connectivity index (χ1n) is 9.94. The third-order valence-electron chi connectivity index (χ3n) is 5.35. The van der Waals surface area contributed by atoms with Gasteiger partial charge in [0.2, 0.25) is 0 Å². The summed E-state index contributed by atoms with van der Waals surface area (Å²) in [6, 6.07) is 3.76. The number of nitrogens with zero attached hydrogens (tertiary/aromatic N) is 2. The molecule has 5 rings (SSSR count). The van der Waals surface area contributed by atoms with Gasteiger partial charge in [-0.05, 0) is 63.1 Å². The largest absolute Gasteiger partial charge is 0.462 e. The summed E-state index contributed by atoms with van der Waals surface area (Å²) in [6.45, 7) is 3.92. The molecule has 3 aromatic heterocycles. The van der Waals surface area contributed by atoms with Gasteiger partial charge in [-0.25, -0.2) is 9.78 Å². The number of hydrogen-bond donors (Lipinski definition) is 1. The molecule has 0 radical (unpaired) electrons. The lowest BCUT2D eigenvalue weighted by Gasteiger charge is -2.06. The Labute approximate surface area is 171 Å². The predicted molar refractivity (Wildman–Crippen MR) is 109 cm³/mol. The third kappa shape index (κ3) is 3.42. The summed E-state index contributed by atoms with van der Waals surface area (Å²) in [4.78, 5) is 30.6. The van der Waals surface area contributed by atoms with Crippen LogP contribution in [0.2, 0.25) is 0 Å². The number of nitrogens with one attached hydrogen (secondary N) is 1. The van der Waals surface area contributed by atoms with Crippen molar-refractivity contribution in [3.8, 4) is 0 Å². The van der Waals surface area contributed by atoms with Crippen molar-refractivity contribution in [2.75, 3.05) is 11.9 Å². The van der Waals surface area contributed by atoms with Crippen LogP contribution in [0.15, 0.2) is 16.7 Å². The number of carbonyl (C=O) groups excluding carboxylic acids is 2. The Kier molecular flexibility index (Phi) is 4.38. The van der Waals surface area contributed by atoms with Crippen molar-refractivity contribution in [2.24, 2.45) is 0 Å². The first-order chi connectivity index (χ1) is 14.0. The van der Waals surface area contributed by atoms with E-state index in [-0.39, 0.29) is 11.9 Å². The average molecular weight is 411 g/mol. The van der Waals surface area contributed by atoms with E-state index >= 15 is 0 Å². The standard InChI is InChI=1S/C21H21N3O4S/c1-3-27-21(26)18-13(11-4-5-11)9-16(29-18)23-19(25)14-8-15(12-6-7-12)22-20-17(14)10(2)24-28-20/h8-9,11-12H,3-7H2,1-2H3,(H,23,25). The second-order valence-corrected chi connectivity index (χ2v) is 8.71. The van der Waals surface area contributed by atoms with E-state index in [0.717, 1.165) is 36.9 Å². The zero-order chi connectivity index (χ0) is 20.1. The molecule has 2 saturated carbocycles. The molecule has 0 bridgehead atoms. The molecule has 3 heterocycles. The van der Waals surface area contributed by atoms with E-state index in [2.05, 4.69) is 15.5 Å². The van der Waals surface area contributed by atoms with Crippen LogP contribution < -0.4 is 5.32 Å². The van der Waals surface area contributed by atoms with Crippen molar-refractivity contribution in [3.63, 3.8) is 0 Å². The van der Waals surface area contributed by atoms with E-state index in [1.54, 1.807) is 13.8 Å². The number of anilines is 1. The molecule has 2 aliphatic carbocycles. The van der Waals surface area contributed by atoms with E-state index in [9.17, 15) is 9.59 Å². The van der Waals surface area contributed by atoms with Gasteiger partial charge in [0.15, 0.2) is 0 Å². The first-order valence-corrected chi connectivity index (χ1v) is 10.8. The highest BCUT2D eigenvalue weighted by molar-refractivity contribution is 7.18. The Morgan fingerprint density at radius 3 is 2.69 bits per heavy atom. The van der Waals surface area contributed by atoms with Crippen molar-refractivity contribution < 1.29 is 18.8 Å². The number of amides is 1. The molecular formula is C21H21N3O4S. The molecule has 1 N–H and O–H groups in total. The zero-order valence-corrected chi connectivity index (χ0v) is 17.1. The summed E-state index contributed by atoms with van der Waals surface area (Å²) in [5.41, 5.74) is 3.39. The van der Waals surface area contributed by atoms with Gasteiger partial charge in [0, 0.05) is 11.6 Å². The molecule has 8 heteroatoms. The summed E-state index contributed by atoms with van der Waals surface area (Å²) in [6.07, 6.45) is 4.27. The van der Waals surface area contributed by atoms with Gasteiger partial charge >= 0.3 is 5.97 Å². The first kappa shape index (κ1) is 18.3. The fourth-order valence-corrected chi connectivity index (χ4v) is 4.62.